The number of halogens is 1. The molecule has 8 heteroatoms. The summed E-state index contributed by atoms with van der Waals surface area (Å²) >= 11 is 0. The van der Waals surface area contributed by atoms with Gasteiger partial charge in [0.05, 0.1) is 5.52 Å². The van der Waals surface area contributed by atoms with E-state index in [-0.39, 0.29) is 23.0 Å². The molecule has 2 aromatic rings. The summed E-state index contributed by atoms with van der Waals surface area (Å²) < 4.78 is 13.9. The Morgan fingerprint density at radius 3 is 2.56 bits per heavy atom. The van der Waals surface area contributed by atoms with Crippen LogP contribution in [0.4, 0.5) is 10.1 Å². The third kappa shape index (κ3) is 3.07. The Balaban J connectivity index is 2.14. The van der Waals surface area contributed by atoms with Crippen LogP contribution in [0.1, 0.15) is 26.7 Å². The van der Waals surface area contributed by atoms with Gasteiger partial charge in [-0.25, -0.2) is 4.39 Å². The number of para-hydroxylation sites is 1. The lowest BCUT2D eigenvalue weighted by atomic mass is 10.1. The Morgan fingerprint density at radius 1 is 1.24 bits per heavy atom. The molecular formula is C17H19FN4O3. The molecule has 1 fully saturated rings. The number of rotatable bonds is 3. The SMILES string of the molecule is CC(=O)NC1(NC(C)=O)CCCN1c1cc2cccc(F)c2[nH]c1=O. The van der Waals surface area contributed by atoms with Crippen molar-refractivity contribution in [2.75, 3.05) is 11.4 Å². The third-order valence-corrected chi connectivity index (χ3v) is 4.25. The third-order valence-electron chi connectivity index (χ3n) is 4.25. The number of aromatic amines is 1. The van der Waals surface area contributed by atoms with Gasteiger partial charge in [0.15, 0.2) is 5.79 Å². The van der Waals surface area contributed by atoms with Crippen LogP contribution in [0, 0.1) is 5.82 Å². The van der Waals surface area contributed by atoms with Crippen molar-refractivity contribution in [2.24, 2.45) is 0 Å². The van der Waals surface area contributed by atoms with Crippen LogP contribution in [0.15, 0.2) is 29.1 Å². The van der Waals surface area contributed by atoms with Crippen molar-refractivity contribution in [1.29, 1.82) is 0 Å². The zero-order valence-electron chi connectivity index (χ0n) is 14.0. The van der Waals surface area contributed by atoms with E-state index in [2.05, 4.69) is 15.6 Å². The van der Waals surface area contributed by atoms with E-state index >= 15 is 0 Å². The summed E-state index contributed by atoms with van der Waals surface area (Å²) in [5, 5.41) is 6.03. The first-order chi connectivity index (χ1) is 11.8. The lowest BCUT2D eigenvalue weighted by molar-refractivity contribution is -0.124. The number of amides is 2. The van der Waals surface area contributed by atoms with Gasteiger partial charge < -0.3 is 20.5 Å². The molecule has 2 heterocycles. The van der Waals surface area contributed by atoms with Gasteiger partial charge in [0.25, 0.3) is 5.56 Å². The lowest BCUT2D eigenvalue weighted by Gasteiger charge is -2.40. The van der Waals surface area contributed by atoms with Crippen molar-refractivity contribution in [3.05, 3.63) is 40.4 Å². The van der Waals surface area contributed by atoms with Crippen LogP contribution >= 0.6 is 0 Å². The van der Waals surface area contributed by atoms with Crippen LogP contribution in [-0.4, -0.2) is 29.1 Å². The van der Waals surface area contributed by atoms with E-state index in [0.29, 0.717) is 24.8 Å². The van der Waals surface area contributed by atoms with E-state index in [9.17, 15) is 18.8 Å². The maximum Gasteiger partial charge on any atom is 0.272 e. The zero-order valence-corrected chi connectivity index (χ0v) is 14.0. The molecule has 0 saturated carbocycles. The van der Waals surface area contributed by atoms with E-state index in [4.69, 9.17) is 0 Å². The van der Waals surface area contributed by atoms with Gasteiger partial charge in [-0.3, -0.25) is 14.4 Å². The minimum Gasteiger partial charge on any atom is -0.327 e. The highest BCUT2D eigenvalue weighted by atomic mass is 19.1. The molecule has 0 aliphatic carbocycles. The van der Waals surface area contributed by atoms with E-state index in [1.165, 1.54) is 19.9 Å². The fourth-order valence-electron chi connectivity index (χ4n) is 3.40. The minimum absolute atomic E-state index is 0.125. The molecular weight excluding hydrogens is 327 g/mol. The van der Waals surface area contributed by atoms with Gasteiger partial charge in [-0.05, 0) is 18.6 Å². The molecule has 7 nitrogen and oxygen atoms in total. The fourth-order valence-corrected chi connectivity index (χ4v) is 3.40. The molecule has 0 atom stereocenters. The number of carbonyl (C=O) groups excluding carboxylic acids is 2. The highest BCUT2D eigenvalue weighted by Gasteiger charge is 2.43. The highest BCUT2D eigenvalue weighted by Crippen LogP contribution is 2.30. The van der Waals surface area contributed by atoms with Gasteiger partial charge in [-0.2, -0.15) is 0 Å². The number of fused-ring (bicyclic) bond motifs is 1. The molecule has 0 bridgehead atoms. The summed E-state index contributed by atoms with van der Waals surface area (Å²) in [5.74, 6) is -2.35. The van der Waals surface area contributed by atoms with E-state index < -0.39 is 17.2 Å². The molecule has 2 amide bonds. The number of nitrogens with zero attached hydrogens (tertiary/aromatic N) is 1. The average Bonchev–Trinajstić information content (AvgIpc) is 2.89. The summed E-state index contributed by atoms with van der Waals surface area (Å²) in [6.45, 7) is 3.16. The first-order valence-electron chi connectivity index (χ1n) is 7.99. The standard InChI is InChI=1S/C17H19FN4O3/c1-10(23)20-17(21-11(2)24)7-4-8-22(17)14-9-12-5-3-6-13(18)15(12)19-16(14)25/h3,5-6,9H,4,7-8H2,1-2H3,(H,19,25)(H,20,23)(H,21,24). The van der Waals surface area contributed by atoms with Gasteiger partial charge in [-0.15, -0.1) is 0 Å². The summed E-state index contributed by atoms with van der Waals surface area (Å²) in [6, 6.07) is 6.08. The van der Waals surface area contributed by atoms with Crippen molar-refractivity contribution < 1.29 is 14.0 Å². The van der Waals surface area contributed by atoms with Crippen LogP contribution in [0.25, 0.3) is 10.9 Å². The summed E-state index contributed by atoms with van der Waals surface area (Å²) in [6.07, 6.45) is 1.12. The Morgan fingerprint density at radius 2 is 1.92 bits per heavy atom. The zero-order chi connectivity index (χ0) is 18.2. The average molecular weight is 346 g/mol. The molecule has 25 heavy (non-hydrogen) atoms. The van der Waals surface area contributed by atoms with Crippen molar-refractivity contribution in [3.8, 4) is 0 Å². The van der Waals surface area contributed by atoms with Crippen LogP contribution in [-0.2, 0) is 9.59 Å². The lowest BCUT2D eigenvalue weighted by Crippen LogP contribution is -2.68. The molecule has 0 unspecified atom stereocenters. The fraction of sp³-hybridized carbons (Fsp3) is 0.353. The second-order valence-corrected chi connectivity index (χ2v) is 6.17. The molecule has 1 aliphatic rings. The van der Waals surface area contributed by atoms with Crippen LogP contribution in [0.3, 0.4) is 0 Å². The second kappa shape index (κ2) is 6.19. The van der Waals surface area contributed by atoms with Gasteiger partial charge >= 0.3 is 0 Å². The Kier molecular flexibility index (Phi) is 4.20. The minimum atomic E-state index is -1.17. The summed E-state index contributed by atoms with van der Waals surface area (Å²) in [5.41, 5.74) is -0.0993. The van der Waals surface area contributed by atoms with E-state index in [0.717, 1.165) is 0 Å². The number of benzene rings is 1. The molecule has 1 aromatic carbocycles. The topological polar surface area (TPSA) is 94.3 Å². The quantitative estimate of drug-likeness (QED) is 0.728. The van der Waals surface area contributed by atoms with Crippen LogP contribution < -0.4 is 21.1 Å². The van der Waals surface area contributed by atoms with Crippen molar-refractivity contribution >= 4 is 28.4 Å². The molecule has 0 radical (unpaired) electrons. The first kappa shape index (κ1) is 16.9. The Hall–Kier alpha value is -2.90. The first-order valence-corrected chi connectivity index (χ1v) is 7.99. The monoisotopic (exact) mass is 346 g/mol. The smallest absolute Gasteiger partial charge is 0.272 e. The van der Waals surface area contributed by atoms with Gasteiger partial charge in [0, 0.05) is 32.2 Å². The number of H-pyrrole nitrogens is 1. The number of hydrogen-bond acceptors (Lipinski definition) is 4. The number of carbonyl (C=O) groups is 2. The van der Waals surface area contributed by atoms with Crippen molar-refractivity contribution in [2.45, 2.75) is 32.5 Å². The second-order valence-electron chi connectivity index (χ2n) is 6.17. The molecule has 1 saturated heterocycles. The largest absolute Gasteiger partial charge is 0.327 e. The number of hydrogen-bond donors (Lipinski definition) is 3. The van der Waals surface area contributed by atoms with Crippen LogP contribution in [0.2, 0.25) is 0 Å². The van der Waals surface area contributed by atoms with E-state index in [1.807, 2.05) is 0 Å². The maximum atomic E-state index is 13.9. The predicted molar refractivity (Wildman–Crippen MR) is 91.5 cm³/mol. The predicted octanol–water partition coefficient (Wildman–Crippen LogP) is 1.19. The Bertz CT molecular complexity index is 892. The molecule has 1 aromatic heterocycles. The summed E-state index contributed by atoms with van der Waals surface area (Å²) in [7, 11) is 0. The van der Waals surface area contributed by atoms with Crippen molar-refractivity contribution in [3.63, 3.8) is 0 Å². The molecule has 132 valence electrons. The number of pyridine rings is 1. The molecule has 3 rings (SSSR count). The Labute approximate surface area is 143 Å². The van der Waals surface area contributed by atoms with Gasteiger partial charge in [0.2, 0.25) is 11.8 Å². The highest BCUT2D eigenvalue weighted by molar-refractivity contribution is 5.83. The van der Waals surface area contributed by atoms with Crippen LogP contribution in [0.5, 0.6) is 0 Å². The number of anilines is 1. The van der Waals surface area contributed by atoms with E-state index in [1.54, 1.807) is 23.1 Å². The molecule has 1 aliphatic heterocycles. The van der Waals surface area contributed by atoms with Gasteiger partial charge in [0.1, 0.15) is 11.5 Å². The summed E-state index contributed by atoms with van der Waals surface area (Å²) in [4.78, 5) is 40.1. The molecule has 0 spiro atoms. The number of nitrogens with one attached hydrogen (secondary N) is 3. The maximum absolute atomic E-state index is 13.9. The number of aromatic nitrogens is 1. The molecule has 3 N–H and O–H groups in total. The normalized spacial score (nSPS) is 16.0. The van der Waals surface area contributed by atoms with Crippen molar-refractivity contribution in [1.82, 2.24) is 15.6 Å². The van der Waals surface area contributed by atoms with Gasteiger partial charge in [-0.1, -0.05) is 12.1 Å².